The first-order valence-electron chi connectivity index (χ1n) is 6.63. The second-order valence-electron chi connectivity index (χ2n) is 4.71. The Labute approximate surface area is 112 Å². The van der Waals surface area contributed by atoms with Crippen molar-refractivity contribution in [2.75, 3.05) is 25.0 Å². The van der Waals surface area contributed by atoms with Crippen molar-refractivity contribution in [3.8, 4) is 0 Å². The standard InChI is InChI=1S/C13H18N6/c1-10-17-18-13-12(16-8-9-19(10)13)15-7-4-11-2-5-14-6-3-11/h2,8-9,14H,3-7H2,1H3,(H,15,16). The molecule has 6 heteroatoms. The van der Waals surface area contributed by atoms with E-state index in [1.54, 1.807) is 6.20 Å². The summed E-state index contributed by atoms with van der Waals surface area (Å²) >= 11 is 0. The van der Waals surface area contributed by atoms with Crippen LogP contribution in [0, 0.1) is 6.92 Å². The van der Waals surface area contributed by atoms with Gasteiger partial charge in [-0.3, -0.25) is 4.40 Å². The van der Waals surface area contributed by atoms with Gasteiger partial charge in [-0.2, -0.15) is 0 Å². The zero-order chi connectivity index (χ0) is 13.1. The van der Waals surface area contributed by atoms with Gasteiger partial charge in [0.1, 0.15) is 5.82 Å². The molecule has 2 N–H and O–H groups in total. The molecule has 0 bridgehead atoms. The Hall–Kier alpha value is -1.95. The Kier molecular flexibility index (Phi) is 3.41. The molecule has 0 saturated heterocycles. The summed E-state index contributed by atoms with van der Waals surface area (Å²) in [7, 11) is 0. The van der Waals surface area contributed by atoms with Crippen LogP contribution in [0.2, 0.25) is 0 Å². The summed E-state index contributed by atoms with van der Waals surface area (Å²) in [5.74, 6) is 1.68. The van der Waals surface area contributed by atoms with Crippen LogP contribution in [0.5, 0.6) is 0 Å². The maximum atomic E-state index is 4.34. The van der Waals surface area contributed by atoms with E-state index in [1.807, 2.05) is 17.5 Å². The van der Waals surface area contributed by atoms with Gasteiger partial charge in [-0.1, -0.05) is 11.6 Å². The quantitative estimate of drug-likeness (QED) is 0.805. The van der Waals surface area contributed by atoms with Gasteiger partial charge in [0.2, 0.25) is 5.65 Å². The molecule has 0 atom stereocenters. The number of nitrogens with zero attached hydrogens (tertiary/aromatic N) is 4. The highest BCUT2D eigenvalue weighted by Crippen LogP contribution is 2.14. The molecule has 6 nitrogen and oxygen atoms in total. The normalized spacial score (nSPS) is 15.5. The second-order valence-corrected chi connectivity index (χ2v) is 4.71. The molecule has 100 valence electrons. The van der Waals surface area contributed by atoms with Crippen LogP contribution in [-0.4, -0.2) is 39.2 Å². The summed E-state index contributed by atoms with van der Waals surface area (Å²) in [6, 6.07) is 0. The zero-order valence-electron chi connectivity index (χ0n) is 11.1. The molecule has 0 amide bonds. The number of nitrogens with one attached hydrogen (secondary N) is 2. The molecule has 0 unspecified atom stereocenters. The van der Waals surface area contributed by atoms with Gasteiger partial charge in [-0.05, 0) is 26.3 Å². The fourth-order valence-electron chi connectivity index (χ4n) is 2.30. The maximum Gasteiger partial charge on any atom is 0.203 e. The summed E-state index contributed by atoms with van der Waals surface area (Å²) in [5.41, 5.74) is 2.30. The summed E-state index contributed by atoms with van der Waals surface area (Å²) in [5, 5.41) is 14.9. The van der Waals surface area contributed by atoms with Gasteiger partial charge in [0.15, 0.2) is 5.82 Å². The van der Waals surface area contributed by atoms with Crippen LogP contribution < -0.4 is 10.6 Å². The third-order valence-corrected chi connectivity index (χ3v) is 3.39. The van der Waals surface area contributed by atoms with Crippen LogP contribution in [0.3, 0.4) is 0 Å². The minimum atomic E-state index is 0.791. The van der Waals surface area contributed by atoms with Crippen molar-refractivity contribution >= 4 is 11.5 Å². The number of hydrogen-bond donors (Lipinski definition) is 2. The molecule has 0 radical (unpaired) electrons. The third kappa shape index (κ3) is 2.58. The molecule has 0 saturated carbocycles. The Morgan fingerprint density at radius 3 is 3.21 bits per heavy atom. The van der Waals surface area contributed by atoms with Crippen LogP contribution in [0.25, 0.3) is 5.65 Å². The van der Waals surface area contributed by atoms with Gasteiger partial charge in [0, 0.05) is 25.5 Å². The number of hydrogen-bond acceptors (Lipinski definition) is 5. The predicted molar refractivity (Wildman–Crippen MR) is 74.2 cm³/mol. The maximum absolute atomic E-state index is 4.34. The van der Waals surface area contributed by atoms with Gasteiger partial charge in [0.25, 0.3) is 0 Å². The first-order valence-corrected chi connectivity index (χ1v) is 6.63. The van der Waals surface area contributed by atoms with E-state index in [0.29, 0.717) is 0 Å². The lowest BCUT2D eigenvalue weighted by atomic mass is 10.1. The third-order valence-electron chi connectivity index (χ3n) is 3.39. The lowest BCUT2D eigenvalue weighted by Crippen LogP contribution is -2.21. The van der Waals surface area contributed by atoms with Crippen molar-refractivity contribution in [2.24, 2.45) is 0 Å². The Balaban J connectivity index is 1.66. The van der Waals surface area contributed by atoms with Crippen molar-refractivity contribution in [2.45, 2.75) is 19.8 Å². The number of aryl methyl sites for hydroxylation is 1. The number of rotatable bonds is 4. The predicted octanol–water partition coefficient (Wildman–Crippen LogP) is 1.15. The minimum absolute atomic E-state index is 0.791. The minimum Gasteiger partial charge on any atom is -0.367 e. The fraction of sp³-hybridized carbons (Fsp3) is 0.462. The molecular formula is C13H18N6. The van der Waals surface area contributed by atoms with E-state index in [4.69, 9.17) is 0 Å². The summed E-state index contributed by atoms with van der Waals surface area (Å²) in [6.45, 7) is 4.89. The van der Waals surface area contributed by atoms with Gasteiger partial charge >= 0.3 is 0 Å². The van der Waals surface area contributed by atoms with Crippen molar-refractivity contribution in [3.63, 3.8) is 0 Å². The molecule has 1 aliphatic heterocycles. The molecule has 0 spiro atoms. The molecule has 0 fully saturated rings. The van der Waals surface area contributed by atoms with Gasteiger partial charge in [-0.15, -0.1) is 10.2 Å². The molecule has 2 aromatic rings. The average Bonchev–Trinajstić information content (AvgIpc) is 2.83. The van der Waals surface area contributed by atoms with Crippen LogP contribution >= 0.6 is 0 Å². The topological polar surface area (TPSA) is 67.1 Å². The largest absolute Gasteiger partial charge is 0.367 e. The van der Waals surface area contributed by atoms with Crippen molar-refractivity contribution < 1.29 is 0 Å². The lowest BCUT2D eigenvalue weighted by Gasteiger charge is -2.14. The lowest BCUT2D eigenvalue weighted by molar-refractivity contribution is 0.683. The van der Waals surface area contributed by atoms with Crippen LogP contribution in [0.1, 0.15) is 18.7 Å². The van der Waals surface area contributed by atoms with Crippen LogP contribution in [0.15, 0.2) is 24.0 Å². The molecule has 0 aliphatic carbocycles. The van der Waals surface area contributed by atoms with E-state index in [0.717, 1.165) is 49.8 Å². The number of aromatic nitrogens is 4. The Morgan fingerprint density at radius 1 is 1.42 bits per heavy atom. The first-order chi connectivity index (χ1) is 9.34. The monoisotopic (exact) mass is 258 g/mol. The van der Waals surface area contributed by atoms with Gasteiger partial charge in [-0.25, -0.2) is 4.98 Å². The highest BCUT2D eigenvalue weighted by molar-refractivity contribution is 5.61. The number of anilines is 1. The first kappa shape index (κ1) is 12.1. The number of fused-ring (bicyclic) bond motifs is 1. The second kappa shape index (κ2) is 5.36. The van der Waals surface area contributed by atoms with E-state index in [1.165, 1.54) is 5.57 Å². The molecule has 3 heterocycles. The summed E-state index contributed by atoms with van der Waals surface area (Å²) in [6.07, 6.45) is 8.13. The highest BCUT2D eigenvalue weighted by atomic mass is 15.3. The van der Waals surface area contributed by atoms with Gasteiger partial charge < -0.3 is 10.6 Å². The SMILES string of the molecule is Cc1nnc2c(NCCC3=CCNCC3)nccn12. The molecule has 2 aromatic heterocycles. The van der Waals surface area contributed by atoms with Gasteiger partial charge in [0.05, 0.1) is 0 Å². The summed E-state index contributed by atoms with van der Waals surface area (Å²) in [4.78, 5) is 4.34. The van der Waals surface area contributed by atoms with E-state index in [-0.39, 0.29) is 0 Å². The summed E-state index contributed by atoms with van der Waals surface area (Å²) < 4.78 is 1.94. The van der Waals surface area contributed by atoms with Crippen LogP contribution in [0.4, 0.5) is 5.82 Å². The van der Waals surface area contributed by atoms with Crippen molar-refractivity contribution in [1.82, 2.24) is 24.9 Å². The zero-order valence-corrected chi connectivity index (χ0v) is 11.1. The Bertz CT molecular complexity index is 600. The van der Waals surface area contributed by atoms with E-state index >= 15 is 0 Å². The molecular weight excluding hydrogens is 240 g/mol. The van der Waals surface area contributed by atoms with E-state index in [9.17, 15) is 0 Å². The fourth-order valence-corrected chi connectivity index (χ4v) is 2.30. The van der Waals surface area contributed by atoms with Crippen LogP contribution in [-0.2, 0) is 0 Å². The molecule has 1 aliphatic rings. The molecule has 19 heavy (non-hydrogen) atoms. The van der Waals surface area contributed by atoms with E-state index < -0.39 is 0 Å². The van der Waals surface area contributed by atoms with Crippen molar-refractivity contribution in [1.29, 1.82) is 0 Å². The molecule has 0 aromatic carbocycles. The average molecular weight is 258 g/mol. The van der Waals surface area contributed by atoms with Crippen molar-refractivity contribution in [3.05, 3.63) is 29.9 Å². The van der Waals surface area contributed by atoms with E-state index in [2.05, 4.69) is 31.9 Å². The smallest absolute Gasteiger partial charge is 0.203 e. The molecule has 3 rings (SSSR count). The highest BCUT2D eigenvalue weighted by Gasteiger charge is 2.07. The Morgan fingerprint density at radius 2 is 2.37 bits per heavy atom.